The summed E-state index contributed by atoms with van der Waals surface area (Å²) in [5.74, 6) is -0.0287. The molecule has 2 atom stereocenters. The topological polar surface area (TPSA) is 93.0 Å². The molecule has 1 saturated heterocycles. The number of aromatic amines is 2. The van der Waals surface area contributed by atoms with Crippen LogP contribution in [0, 0.1) is 0 Å². The van der Waals surface area contributed by atoms with E-state index in [1.54, 1.807) is 18.2 Å². The van der Waals surface area contributed by atoms with Gasteiger partial charge in [0.15, 0.2) is 0 Å². The molecule has 1 aliphatic rings. The summed E-state index contributed by atoms with van der Waals surface area (Å²) in [5, 5.41) is 6.23. The Morgan fingerprint density at radius 2 is 2.08 bits per heavy atom. The molecule has 0 saturated carbocycles. The van der Waals surface area contributed by atoms with Crippen molar-refractivity contribution in [3.63, 3.8) is 0 Å². The quantitative estimate of drug-likeness (QED) is 0.666. The molecule has 4 N–H and O–H groups in total. The molecular weight excluding hydrogens is 330 g/mol. The highest BCUT2D eigenvalue weighted by atomic mass is 35.5. The fourth-order valence-electron chi connectivity index (χ4n) is 3.12. The van der Waals surface area contributed by atoms with Crippen molar-refractivity contribution >= 4 is 35.0 Å². The maximum absolute atomic E-state index is 12.5. The number of fused-ring (bicyclic) bond motifs is 1. The van der Waals surface area contributed by atoms with Crippen LogP contribution in [0.25, 0.3) is 11.0 Å². The summed E-state index contributed by atoms with van der Waals surface area (Å²) in [6.07, 6.45) is 2.25. The van der Waals surface area contributed by atoms with E-state index in [2.05, 4.69) is 25.5 Å². The highest BCUT2D eigenvalue weighted by Gasteiger charge is 2.26. The Labute approximate surface area is 146 Å². The average Bonchev–Trinajstić information content (AvgIpc) is 2.93. The number of nitrogens with zero attached hydrogens (tertiary/aromatic N) is 1. The number of likely N-dealkylation sites (tertiary alicyclic amines) is 1. The van der Waals surface area contributed by atoms with E-state index < -0.39 is 0 Å². The average molecular weight is 354 g/mol. The number of likely N-dealkylation sites (N-methyl/N-ethyl adjacent to an activating group) is 1. The number of rotatable bonds is 4. The van der Waals surface area contributed by atoms with Crippen molar-refractivity contribution in [2.45, 2.75) is 31.8 Å². The van der Waals surface area contributed by atoms with Crippen LogP contribution in [-0.4, -0.2) is 53.0 Å². The van der Waals surface area contributed by atoms with E-state index in [9.17, 15) is 9.59 Å². The van der Waals surface area contributed by atoms with Crippen LogP contribution in [-0.2, 0) is 4.79 Å². The Kier molecular flexibility index (Phi) is 6.04. The number of aromatic nitrogens is 2. The van der Waals surface area contributed by atoms with Gasteiger partial charge in [0, 0.05) is 18.3 Å². The van der Waals surface area contributed by atoms with Gasteiger partial charge in [-0.05, 0) is 51.6 Å². The lowest BCUT2D eigenvalue weighted by atomic mass is 10.0. The van der Waals surface area contributed by atoms with Gasteiger partial charge < -0.3 is 20.6 Å². The van der Waals surface area contributed by atoms with Gasteiger partial charge >= 0.3 is 5.69 Å². The third kappa shape index (κ3) is 3.98. The third-order valence-electron chi connectivity index (χ3n) is 4.57. The summed E-state index contributed by atoms with van der Waals surface area (Å²) in [4.78, 5) is 31.4. The smallest absolute Gasteiger partial charge is 0.323 e. The fourth-order valence-corrected chi connectivity index (χ4v) is 3.12. The van der Waals surface area contributed by atoms with E-state index in [0.29, 0.717) is 17.2 Å². The first-order chi connectivity index (χ1) is 11.1. The molecule has 0 radical (unpaired) electrons. The monoisotopic (exact) mass is 353 g/mol. The predicted molar refractivity (Wildman–Crippen MR) is 97.9 cm³/mol. The molecular formula is C16H24ClN5O2. The zero-order valence-electron chi connectivity index (χ0n) is 13.9. The summed E-state index contributed by atoms with van der Waals surface area (Å²) in [6, 6.07) is 5.60. The van der Waals surface area contributed by atoms with Gasteiger partial charge in [0.25, 0.3) is 0 Å². The van der Waals surface area contributed by atoms with Gasteiger partial charge in [-0.15, -0.1) is 12.4 Å². The summed E-state index contributed by atoms with van der Waals surface area (Å²) < 4.78 is 0. The highest BCUT2D eigenvalue weighted by molar-refractivity contribution is 5.96. The van der Waals surface area contributed by atoms with Gasteiger partial charge in [-0.2, -0.15) is 0 Å². The molecule has 24 heavy (non-hydrogen) atoms. The number of benzene rings is 1. The van der Waals surface area contributed by atoms with Gasteiger partial charge in [-0.3, -0.25) is 9.69 Å². The van der Waals surface area contributed by atoms with Crippen LogP contribution in [0.2, 0.25) is 0 Å². The molecule has 2 heterocycles. The van der Waals surface area contributed by atoms with Crippen LogP contribution >= 0.6 is 12.4 Å². The van der Waals surface area contributed by atoms with E-state index in [0.717, 1.165) is 31.4 Å². The van der Waals surface area contributed by atoms with E-state index in [4.69, 9.17) is 0 Å². The van der Waals surface area contributed by atoms with Crippen molar-refractivity contribution in [3.05, 3.63) is 28.7 Å². The van der Waals surface area contributed by atoms with Crippen LogP contribution in [0.15, 0.2) is 23.0 Å². The Balaban J connectivity index is 0.00000208. The van der Waals surface area contributed by atoms with Gasteiger partial charge in [-0.25, -0.2) is 4.79 Å². The van der Waals surface area contributed by atoms with Crippen molar-refractivity contribution in [1.29, 1.82) is 0 Å². The second-order valence-electron chi connectivity index (χ2n) is 6.13. The normalized spacial score (nSPS) is 19.7. The third-order valence-corrected chi connectivity index (χ3v) is 4.57. The van der Waals surface area contributed by atoms with Gasteiger partial charge in [0.1, 0.15) is 0 Å². The number of nitrogens with one attached hydrogen (secondary N) is 4. The minimum atomic E-state index is -0.247. The fraction of sp³-hybridized carbons (Fsp3) is 0.500. The van der Waals surface area contributed by atoms with E-state index in [-0.39, 0.29) is 30.0 Å². The number of hydrogen-bond acceptors (Lipinski definition) is 4. The Morgan fingerprint density at radius 3 is 2.83 bits per heavy atom. The molecule has 0 bridgehead atoms. The zero-order valence-corrected chi connectivity index (χ0v) is 14.7. The van der Waals surface area contributed by atoms with E-state index in [1.165, 1.54) is 0 Å². The van der Waals surface area contributed by atoms with Gasteiger partial charge in [0.05, 0.1) is 17.1 Å². The number of hydrogen-bond donors (Lipinski definition) is 4. The maximum atomic E-state index is 12.5. The number of carbonyl (C=O) groups excluding carboxylic acids is 1. The van der Waals surface area contributed by atoms with Crippen molar-refractivity contribution in [2.75, 3.05) is 25.5 Å². The Morgan fingerprint density at radius 1 is 1.33 bits per heavy atom. The van der Waals surface area contributed by atoms with Gasteiger partial charge in [0.2, 0.25) is 5.91 Å². The maximum Gasteiger partial charge on any atom is 0.323 e. The lowest BCUT2D eigenvalue weighted by Gasteiger charge is -2.35. The number of piperidine rings is 1. The van der Waals surface area contributed by atoms with Crippen LogP contribution in [0.5, 0.6) is 0 Å². The predicted octanol–water partition coefficient (Wildman–Crippen LogP) is 1.29. The molecule has 8 heteroatoms. The summed E-state index contributed by atoms with van der Waals surface area (Å²) in [5.41, 5.74) is 1.86. The highest BCUT2D eigenvalue weighted by Crippen LogP contribution is 2.17. The molecule has 0 spiro atoms. The minimum Gasteiger partial charge on any atom is -0.325 e. The summed E-state index contributed by atoms with van der Waals surface area (Å²) >= 11 is 0. The number of carbonyl (C=O) groups is 1. The minimum absolute atomic E-state index is 0. The number of anilines is 1. The van der Waals surface area contributed by atoms with Crippen molar-refractivity contribution in [1.82, 2.24) is 20.2 Å². The lowest BCUT2D eigenvalue weighted by molar-refractivity contribution is -0.121. The number of amides is 1. The van der Waals surface area contributed by atoms with E-state index >= 15 is 0 Å². The molecule has 7 nitrogen and oxygen atoms in total. The molecule has 1 fully saturated rings. The van der Waals surface area contributed by atoms with Crippen molar-refractivity contribution in [3.8, 4) is 0 Å². The van der Waals surface area contributed by atoms with Crippen LogP contribution in [0.3, 0.4) is 0 Å². The van der Waals surface area contributed by atoms with Crippen molar-refractivity contribution < 1.29 is 4.79 Å². The summed E-state index contributed by atoms with van der Waals surface area (Å²) in [6.45, 7) is 3.76. The first kappa shape index (κ1) is 18.5. The first-order valence-corrected chi connectivity index (χ1v) is 8.01. The number of imidazole rings is 1. The molecule has 1 aliphatic heterocycles. The standard InChI is InChI=1S/C16H23N5O2.ClH/c1-10(21-7-3-4-12(9-21)17-2)15(22)18-11-5-6-13-14(8-11)20-16(23)19-13;/h5-6,8,10,12,17H,3-4,7,9H2,1-2H3,(H,18,22)(H2,19,20,23);1H. The van der Waals surface area contributed by atoms with Crippen molar-refractivity contribution in [2.24, 2.45) is 0 Å². The number of H-pyrrole nitrogens is 2. The molecule has 2 aromatic rings. The largest absolute Gasteiger partial charge is 0.325 e. The first-order valence-electron chi connectivity index (χ1n) is 8.01. The SMILES string of the molecule is CNC1CCCN(C(C)C(=O)Nc2ccc3[nH]c(=O)[nH]c3c2)C1.Cl. The molecule has 0 aliphatic carbocycles. The van der Waals surface area contributed by atoms with Crippen LogP contribution in [0.4, 0.5) is 5.69 Å². The number of halogens is 1. The van der Waals surface area contributed by atoms with E-state index in [1.807, 2.05) is 14.0 Å². The van der Waals surface area contributed by atoms with Crippen LogP contribution < -0.4 is 16.3 Å². The molecule has 1 aromatic heterocycles. The Bertz CT molecular complexity index is 756. The zero-order chi connectivity index (χ0) is 16.4. The summed E-state index contributed by atoms with van der Waals surface area (Å²) in [7, 11) is 1.96. The molecule has 1 amide bonds. The Hall–Kier alpha value is -1.83. The molecule has 2 unspecified atom stereocenters. The lowest BCUT2D eigenvalue weighted by Crippen LogP contribution is -2.51. The molecule has 132 valence electrons. The van der Waals surface area contributed by atoms with Crippen LogP contribution in [0.1, 0.15) is 19.8 Å². The second kappa shape index (κ2) is 7.83. The van der Waals surface area contributed by atoms with Gasteiger partial charge in [-0.1, -0.05) is 0 Å². The second-order valence-corrected chi connectivity index (χ2v) is 6.13. The molecule has 1 aromatic carbocycles. The molecule has 3 rings (SSSR count).